The fourth-order valence-electron chi connectivity index (χ4n) is 3.31. The van der Waals surface area contributed by atoms with E-state index in [1.54, 1.807) is 25.2 Å². The van der Waals surface area contributed by atoms with Gasteiger partial charge in [-0.25, -0.2) is 0 Å². The molecule has 3 rings (SSSR count). The van der Waals surface area contributed by atoms with Crippen LogP contribution in [0.25, 0.3) is 11.1 Å². The predicted octanol–water partition coefficient (Wildman–Crippen LogP) is 4.14. The number of aromatic nitrogens is 1. The lowest BCUT2D eigenvalue weighted by atomic mass is 10.0. The normalized spacial score (nSPS) is 12.8. The van der Waals surface area contributed by atoms with Crippen LogP contribution in [0.3, 0.4) is 0 Å². The van der Waals surface area contributed by atoms with Crippen molar-refractivity contribution in [2.24, 2.45) is 0 Å². The second-order valence-electron chi connectivity index (χ2n) is 7.98. The molecule has 2 aromatic carbocycles. The summed E-state index contributed by atoms with van der Waals surface area (Å²) in [6, 6.07) is 19.7. The van der Waals surface area contributed by atoms with Gasteiger partial charge in [0, 0.05) is 26.5 Å². The number of hydrogen-bond donors (Lipinski definition) is 1. The van der Waals surface area contributed by atoms with E-state index < -0.39 is 6.10 Å². The van der Waals surface area contributed by atoms with E-state index in [2.05, 4.69) is 4.98 Å². The summed E-state index contributed by atoms with van der Waals surface area (Å²) in [5.41, 5.74) is 4.20. The topological polar surface area (TPSA) is 62.7 Å². The number of nitrogens with zero attached hydrogens (tertiary/aromatic N) is 2. The van der Waals surface area contributed by atoms with E-state index >= 15 is 0 Å². The van der Waals surface area contributed by atoms with Gasteiger partial charge in [-0.05, 0) is 60.2 Å². The summed E-state index contributed by atoms with van der Waals surface area (Å²) in [7, 11) is 3.53. The minimum atomic E-state index is -0.564. The third-order valence-corrected chi connectivity index (χ3v) is 5.28. The molecule has 1 aromatic heterocycles. The summed E-state index contributed by atoms with van der Waals surface area (Å²) in [6.45, 7) is 1.88. The van der Waals surface area contributed by atoms with E-state index in [0.29, 0.717) is 12.8 Å². The van der Waals surface area contributed by atoms with Crippen LogP contribution in [-0.4, -0.2) is 47.2 Å². The van der Waals surface area contributed by atoms with Crippen molar-refractivity contribution in [2.75, 3.05) is 14.1 Å². The number of ether oxygens (including phenoxy) is 1. The van der Waals surface area contributed by atoms with Gasteiger partial charge >= 0.3 is 0 Å². The highest BCUT2D eigenvalue weighted by Crippen LogP contribution is 2.24. The average molecular weight is 419 g/mol. The molecule has 0 fully saturated rings. The van der Waals surface area contributed by atoms with E-state index in [1.165, 1.54) is 0 Å². The summed E-state index contributed by atoms with van der Waals surface area (Å²) in [5, 5.41) is 10.4. The van der Waals surface area contributed by atoms with Crippen LogP contribution in [-0.2, 0) is 17.6 Å². The first kappa shape index (κ1) is 22.5. The number of carbonyl (C=O) groups is 1. The second kappa shape index (κ2) is 10.7. The summed E-state index contributed by atoms with van der Waals surface area (Å²) in [4.78, 5) is 17.7. The quantitative estimate of drug-likeness (QED) is 0.567. The molecule has 1 N–H and O–H groups in total. The first-order chi connectivity index (χ1) is 14.9. The van der Waals surface area contributed by atoms with Gasteiger partial charge in [-0.3, -0.25) is 9.78 Å². The van der Waals surface area contributed by atoms with Crippen molar-refractivity contribution in [1.82, 2.24) is 9.88 Å². The number of aliphatic hydroxyl groups excluding tert-OH is 1. The Labute approximate surface area is 184 Å². The highest BCUT2D eigenvalue weighted by atomic mass is 16.5. The van der Waals surface area contributed by atoms with E-state index in [1.807, 2.05) is 73.8 Å². The Hall–Kier alpha value is -3.18. The molecule has 3 aromatic rings. The van der Waals surface area contributed by atoms with Gasteiger partial charge in [-0.15, -0.1) is 0 Å². The van der Waals surface area contributed by atoms with E-state index in [0.717, 1.165) is 34.4 Å². The first-order valence-electron chi connectivity index (χ1n) is 10.6. The standard InChI is InChI=1S/C26H30N2O3/c1-19(25(29)14-9-20-7-5-15-27-18-20)31-24-12-10-22(11-13-24)23-8-4-6-21(16-23)17-26(30)28(2)3/h4-8,10-13,15-16,18-19,25,29H,9,14,17H2,1-3H3/t19-,25+/m0/s1. The maximum absolute atomic E-state index is 12.0. The molecule has 0 spiro atoms. The molecule has 0 saturated heterocycles. The number of pyridine rings is 1. The summed E-state index contributed by atoms with van der Waals surface area (Å²) in [5.74, 6) is 0.799. The van der Waals surface area contributed by atoms with Crippen LogP contribution in [0.4, 0.5) is 0 Å². The van der Waals surface area contributed by atoms with Crippen molar-refractivity contribution in [3.8, 4) is 16.9 Å². The predicted molar refractivity (Wildman–Crippen MR) is 123 cm³/mol. The fraction of sp³-hybridized carbons (Fsp3) is 0.308. The molecule has 0 unspecified atom stereocenters. The monoisotopic (exact) mass is 418 g/mol. The molecular formula is C26H30N2O3. The highest BCUT2D eigenvalue weighted by molar-refractivity contribution is 5.79. The number of carbonyl (C=O) groups excluding carboxylic acids is 1. The van der Waals surface area contributed by atoms with Crippen molar-refractivity contribution < 1.29 is 14.6 Å². The molecule has 0 radical (unpaired) electrons. The van der Waals surface area contributed by atoms with Crippen LogP contribution >= 0.6 is 0 Å². The summed E-state index contributed by atoms with van der Waals surface area (Å²) < 4.78 is 5.94. The van der Waals surface area contributed by atoms with Gasteiger partial charge < -0.3 is 14.7 Å². The Kier molecular flexibility index (Phi) is 7.79. The minimum Gasteiger partial charge on any atom is -0.488 e. The zero-order chi connectivity index (χ0) is 22.2. The van der Waals surface area contributed by atoms with E-state index in [9.17, 15) is 9.90 Å². The Balaban J connectivity index is 1.58. The largest absolute Gasteiger partial charge is 0.488 e. The van der Waals surface area contributed by atoms with Gasteiger partial charge in [0.15, 0.2) is 0 Å². The number of hydrogen-bond acceptors (Lipinski definition) is 4. The highest BCUT2D eigenvalue weighted by Gasteiger charge is 2.16. The van der Waals surface area contributed by atoms with Crippen LogP contribution < -0.4 is 4.74 Å². The second-order valence-corrected chi connectivity index (χ2v) is 7.98. The molecule has 0 bridgehead atoms. The molecule has 1 heterocycles. The van der Waals surface area contributed by atoms with Gasteiger partial charge in [-0.1, -0.05) is 42.5 Å². The third-order valence-electron chi connectivity index (χ3n) is 5.28. The zero-order valence-corrected chi connectivity index (χ0v) is 18.4. The average Bonchev–Trinajstić information content (AvgIpc) is 2.78. The van der Waals surface area contributed by atoms with Gasteiger partial charge in [-0.2, -0.15) is 0 Å². The van der Waals surface area contributed by atoms with Crippen LogP contribution in [0.15, 0.2) is 73.1 Å². The van der Waals surface area contributed by atoms with Crippen molar-refractivity contribution >= 4 is 5.91 Å². The summed E-state index contributed by atoms with van der Waals surface area (Å²) in [6.07, 6.45) is 4.44. The third kappa shape index (κ3) is 6.66. The Morgan fingerprint density at radius 2 is 1.77 bits per heavy atom. The van der Waals surface area contributed by atoms with Crippen LogP contribution in [0.1, 0.15) is 24.5 Å². The van der Waals surface area contributed by atoms with Crippen molar-refractivity contribution in [3.63, 3.8) is 0 Å². The molecule has 5 heteroatoms. The fourth-order valence-corrected chi connectivity index (χ4v) is 3.31. The minimum absolute atomic E-state index is 0.0805. The lowest BCUT2D eigenvalue weighted by Crippen LogP contribution is -2.29. The van der Waals surface area contributed by atoms with Crippen molar-refractivity contribution in [3.05, 3.63) is 84.2 Å². The Morgan fingerprint density at radius 3 is 2.45 bits per heavy atom. The smallest absolute Gasteiger partial charge is 0.226 e. The number of likely N-dealkylation sites (N-methyl/N-ethyl adjacent to an activating group) is 1. The SMILES string of the molecule is C[C@H](Oc1ccc(-c2cccc(CC(=O)N(C)C)c2)cc1)[C@H](O)CCc1cccnc1. The molecule has 0 aliphatic carbocycles. The first-order valence-corrected chi connectivity index (χ1v) is 10.6. The number of benzene rings is 2. The summed E-state index contributed by atoms with van der Waals surface area (Å²) >= 11 is 0. The van der Waals surface area contributed by atoms with Gasteiger partial charge in [0.25, 0.3) is 0 Å². The maximum Gasteiger partial charge on any atom is 0.226 e. The zero-order valence-electron chi connectivity index (χ0n) is 18.4. The van der Waals surface area contributed by atoms with E-state index in [-0.39, 0.29) is 12.0 Å². The molecule has 31 heavy (non-hydrogen) atoms. The molecule has 162 valence electrons. The Bertz CT molecular complexity index is 971. The number of amides is 1. The Morgan fingerprint density at radius 1 is 1.03 bits per heavy atom. The van der Waals surface area contributed by atoms with Gasteiger partial charge in [0.1, 0.15) is 11.9 Å². The molecule has 1 amide bonds. The van der Waals surface area contributed by atoms with Crippen LogP contribution in [0.2, 0.25) is 0 Å². The molecule has 0 aliphatic rings. The van der Waals surface area contributed by atoms with Crippen molar-refractivity contribution in [2.45, 2.75) is 38.4 Å². The van der Waals surface area contributed by atoms with E-state index in [4.69, 9.17) is 4.74 Å². The van der Waals surface area contributed by atoms with Gasteiger partial charge in [0.05, 0.1) is 12.5 Å². The van der Waals surface area contributed by atoms with Crippen LogP contribution in [0.5, 0.6) is 5.75 Å². The molecule has 0 saturated carbocycles. The van der Waals surface area contributed by atoms with Crippen LogP contribution in [0, 0.1) is 0 Å². The molecular weight excluding hydrogens is 388 g/mol. The molecule has 5 nitrogen and oxygen atoms in total. The molecule has 2 atom stereocenters. The number of rotatable bonds is 9. The lowest BCUT2D eigenvalue weighted by Gasteiger charge is -2.20. The van der Waals surface area contributed by atoms with Gasteiger partial charge in [0.2, 0.25) is 5.91 Å². The van der Waals surface area contributed by atoms with Crippen molar-refractivity contribution in [1.29, 1.82) is 0 Å². The number of aryl methyl sites for hydroxylation is 1. The number of aliphatic hydroxyl groups is 1. The maximum atomic E-state index is 12.0. The molecule has 0 aliphatic heterocycles. The lowest BCUT2D eigenvalue weighted by molar-refractivity contribution is -0.127.